The van der Waals surface area contributed by atoms with Crippen molar-refractivity contribution in [2.24, 2.45) is 4.99 Å². The molecule has 1 aliphatic rings. The van der Waals surface area contributed by atoms with Crippen LogP contribution in [0.15, 0.2) is 47.6 Å². The molecular weight excluding hydrogens is 350 g/mol. The summed E-state index contributed by atoms with van der Waals surface area (Å²) in [4.78, 5) is 22.6. The van der Waals surface area contributed by atoms with Gasteiger partial charge in [-0.3, -0.25) is 9.79 Å². The molecule has 1 amide bonds. The van der Waals surface area contributed by atoms with Gasteiger partial charge in [0, 0.05) is 32.0 Å². The Hall–Kier alpha value is -2.60. The highest BCUT2D eigenvalue weighted by molar-refractivity contribution is 6.29. The van der Waals surface area contributed by atoms with E-state index in [0.717, 1.165) is 30.6 Å². The van der Waals surface area contributed by atoms with E-state index in [-0.39, 0.29) is 12.5 Å². The molecule has 2 N–H and O–H groups in total. The number of hydrogen-bond acceptors (Lipinski definition) is 3. The minimum Gasteiger partial charge on any atom is -0.356 e. The second-order valence-corrected chi connectivity index (χ2v) is 6.40. The Morgan fingerprint density at radius 2 is 2.12 bits per heavy atom. The summed E-state index contributed by atoms with van der Waals surface area (Å²) in [6.07, 6.45) is 3.46. The van der Waals surface area contributed by atoms with Gasteiger partial charge in [-0.25, -0.2) is 4.98 Å². The number of hydrogen-bond donors (Lipinski definition) is 2. The van der Waals surface area contributed by atoms with Crippen LogP contribution in [0.25, 0.3) is 0 Å². The summed E-state index contributed by atoms with van der Waals surface area (Å²) in [5, 5.41) is 6.78. The molecule has 6 nitrogen and oxygen atoms in total. The van der Waals surface area contributed by atoms with Gasteiger partial charge >= 0.3 is 0 Å². The quantitative estimate of drug-likeness (QED) is 0.479. The number of nitrogens with one attached hydrogen (secondary N) is 2. The van der Waals surface area contributed by atoms with E-state index in [2.05, 4.69) is 26.7 Å². The molecule has 2 aromatic rings. The average Bonchev–Trinajstić information content (AvgIpc) is 3.10. The van der Waals surface area contributed by atoms with E-state index in [1.54, 1.807) is 19.3 Å². The SMILES string of the molecule is CN=C(NCCc1ccc(Cl)nc1)NCC(=O)N1CCc2ccccc21. The van der Waals surface area contributed by atoms with Crippen LogP contribution in [-0.2, 0) is 17.6 Å². The lowest BCUT2D eigenvalue weighted by Crippen LogP contribution is -2.44. The molecule has 0 aliphatic carbocycles. The standard InChI is InChI=1S/C19H22ClN5O/c1-21-19(22-10-8-14-6-7-17(20)23-12-14)24-13-18(26)25-11-9-15-4-2-3-5-16(15)25/h2-7,12H,8-11,13H2,1H3,(H2,21,22,24). The average molecular weight is 372 g/mol. The first-order valence-corrected chi connectivity index (χ1v) is 8.98. The van der Waals surface area contributed by atoms with Gasteiger partial charge in [0.1, 0.15) is 5.15 Å². The van der Waals surface area contributed by atoms with Crippen molar-refractivity contribution in [1.29, 1.82) is 0 Å². The van der Waals surface area contributed by atoms with Crippen molar-refractivity contribution in [2.45, 2.75) is 12.8 Å². The second kappa shape index (κ2) is 8.67. The molecular formula is C19H22ClN5O. The third-order valence-corrected chi connectivity index (χ3v) is 4.54. The molecule has 1 aromatic heterocycles. The van der Waals surface area contributed by atoms with Gasteiger partial charge in [-0.2, -0.15) is 0 Å². The predicted molar refractivity (Wildman–Crippen MR) is 105 cm³/mol. The van der Waals surface area contributed by atoms with E-state index < -0.39 is 0 Å². The number of amides is 1. The zero-order valence-electron chi connectivity index (χ0n) is 14.7. The summed E-state index contributed by atoms with van der Waals surface area (Å²) in [5.41, 5.74) is 3.32. The number of pyridine rings is 1. The topological polar surface area (TPSA) is 69.6 Å². The van der Waals surface area contributed by atoms with E-state index in [0.29, 0.717) is 17.7 Å². The van der Waals surface area contributed by atoms with Gasteiger partial charge in [0.05, 0.1) is 6.54 Å². The maximum Gasteiger partial charge on any atom is 0.246 e. The van der Waals surface area contributed by atoms with Gasteiger partial charge in [0.25, 0.3) is 0 Å². The molecule has 26 heavy (non-hydrogen) atoms. The summed E-state index contributed by atoms with van der Waals surface area (Å²) in [6.45, 7) is 1.62. The van der Waals surface area contributed by atoms with Crippen LogP contribution in [0.2, 0.25) is 5.15 Å². The first-order valence-electron chi connectivity index (χ1n) is 8.60. The molecule has 0 bridgehead atoms. The van der Waals surface area contributed by atoms with Crippen molar-refractivity contribution in [1.82, 2.24) is 15.6 Å². The number of fused-ring (bicyclic) bond motifs is 1. The summed E-state index contributed by atoms with van der Waals surface area (Å²) in [7, 11) is 1.69. The van der Waals surface area contributed by atoms with Gasteiger partial charge in [-0.15, -0.1) is 0 Å². The number of para-hydroxylation sites is 1. The molecule has 1 aliphatic heterocycles. The summed E-state index contributed by atoms with van der Waals surface area (Å²) in [5.74, 6) is 0.646. The van der Waals surface area contributed by atoms with E-state index in [9.17, 15) is 4.79 Å². The second-order valence-electron chi connectivity index (χ2n) is 6.02. The molecule has 1 aromatic carbocycles. The number of carbonyl (C=O) groups is 1. The number of benzene rings is 1. The predicted octanol–water partition coefficient (Wildman–Crippen LogP) is 2.03. The first-order chi connectivity index (χ1) is 12.7. The highest BCUT2D eigenvalue weighted by Gasteiger charge is 2.23. The van der Waals surface area contributed by atoms with Gasteiger partial charge in [0.2, 0.25) is 5.91 Å². The summed E-state index contributed by atoms with van der Waals surface area (Å²) >= 11 is 5.78. The number of anilines is 1. The lowest BCUT2D eigenvalue weighted by Gasteiger charge is -2.18. The van der Waals surface area contributed by atoms with Crippen LogP contribution in [0.4, 0.5) is 5.69 Å². The number of guanidine groups is 1. The molecule has 0 spiro atoms. The van der Waals surface area contributed by atoms with Crippen LogP contribution in [0.5, 0.6) is 0 Å². The van der Waals surface area contributed by atoms with Gasteiger partial charge in [-0.05, 0) is 36.1 Å². The Morgan fingerprint density at radius 3 is 2.88 bits per heavy atom. The van der Waals surface area contributed by atoms with Gasteiger partial charge in [0.15, 0.2) is 5.96 Å². The monoisotopic (exact) mass is 371 g/mol. The largest absolute Gasteiger partial charge is 0.356 e. The number of nitrogens with zero attached hydrogens (tertiary/aromatic N) is 3. The van der Waals surface area contributed by atoms with Crippen LogP contribution < -0.4 is 15.5 Å². The van der Waals surface area contributed by atoms with Crippen molar-refractivity contribution in [3.05, 3.63) is 58.9 Å². The Bertz CT molecular complexity index is 791. The molecule has 0 atom stereocenters. The highest BCUT2D eigenvalue weighted by Crippen LogP contribution is 2.27. The number of halogens is 1. The van der Waals surface area contributed by atoms with Crippen LogP contribution in [0.3, 0.4) is 0 Å². The molecule has 0 saturated carbocycles. The normalized spacial score (nSPS) is 13.5. The molecule has 0 saturated heterocycles. The van der Waals surface area contributed by atoms with Crippen LogP contribution in [-0.4, -0.2) is 43.5 Å². The minimum atomic E-state index is 0.0415. The Kier molecular flexibility index (Phi) is 6.07. The van der Waals surface area contributed by atoms with Gasteiger partial charge in [-0.1, -0.05) is 35.9 Å². The molecule has 2 heterocycles. The van der Waals surface area contributed by atoms with Crippen molar-refractivity contribution in [3.63, 3.8) is 0 Å². The fourth-order valence-electron chi connectivity index (χ4n) is 2.95. The van der Waals surface area contributed by atoms with Gasteiger partial charge < -0.3 is 15.5 Å². The van der Waals surface area contributed by atoms with Crippen molar-refractivity contribution < 1.29 is 4.79 Å². The summed E-state index contributed by atoms with van der Waals surface area (Å²) in [6, 6.07) is 11.8. The maximum absolute atomic E-state index is 12.5. The number of aromatic nitrogens is 1. The smallest absolute Gasteiger partial charge is 0.246 e. The third kappa shape index (κ3) is 4.52. The third-order valence-electron chi connectivity index (χ3n) is 4.31. The van der Waals surface area contributed by atoms with E-state index in [1.165, 1.54) is 5.56 Å². The minimum absolute atomic E-state index is 0.0415. The van der Waals surface area contributed by atoms with Crippen molar-refractivity contribution >= 4 is 29.2 Å². The molecule has 3 rings (SSSR count). The van der Waals surface area contributed by atoms with E-state index in [1.807, 2.05) is 29.2 Å². The lowest BCUT2D eigenvalue weighted by molar-refractivity contribution is -0.117. The zero-order chi connectivity index (χ0) is 18.4. The number of aliphatic imine (C=N–C) groups is 1. The van der Waals surface area contributed by atoms with Crippen molar-refractivity contribution in [3.8, 4) is 0 Å². The lowest BCUT2D eigenvalue weighted by atomic mass is 10.2. The van der Waals surface area contributed by atoms with E-state index in [4.69, 9.17) is 11.6 Å². The number of carbonyl (C=O) groups excluding carboxylic acids is 1. The highest BCUT2D eigenvalue weighted by atomic mass is 35.5. The molecule has 0 fully saturated rings. The van der Waals surface area contributed by atoms with Crippen LogP contribution in [0, 0.1) is 0 Å². The Labute approximate surface area is 158 Å². The molecule has 0 radical (unpaired) electrons. The van der Waals surface area contributed by atoms with E-state index >= 15 is 0 Å². The molecule has 7 heteroatoms. The van der Waals surface area contributed by atoms with Crippen molar-refractivity contribution in [2.75, 3.05) is 31.6 Å². The Morgan fingerprint density at radius 1 is 1.27 bits per heavy atom. The number of rotatable bonds is 5. The summed E-state index contributed by atoms with van der Waals surface area (Å²) < 4.78 is 0. The zero-order valence-corrected chi connectivity index (χ0v) is 15.5. The van der Waals surface area contributed by atoms with Crippen LogP contribution in [0.1, 0.15) is 11.1 Å². The molecule has 136 valence electrons. The Balaban J connectivity index is 1.45. The fraction of sp³-hybridized carbons (Fsp3) is 0.316. The fourth-order valence-corrected chi connectivity index (χ4v) is 3.06. The first kappa shape index (κ1) is 18.2. The van der Waals surface area contributed by atoms with Crippen LogP contribution >= 0.6 is 11.6 Å². The maximum atomic E-state index is 12.5. The molecule has 0 unspecified atom stereocenters.